The maximum absolute atomic E-state index is 13.7. The van der Waals surface area contributed by atoms with Crippen LogP contribution in [0.1, 0.15) is 50.2 Å². The molecule has 2 aromatic rings. The third kappa shape index (κ3) is 5.31. The van der Waals surface area contributed by atoms with Gasteiger partial charge in [-0.25, -0.2) is 9.78 Å². The number of likely N-dealkylation sites (N-methyl/N-ethyl adjacent to an activating group) is 1. The van der Waals surface area contributed by atoms with E-state index in [2.05, 4.69) is 10.3 Å². The molecule has 3 N–H and O–H groups in total. The average molecular weight is 478 g/mol. The van der Waals surface area contributed by atoms with E-state index >= 15 is 0 Å². The van der Waals surface area contributed by atoms with Gasteiger partial charge in [-0.2, -0.15) is 0 Å². The number of carbonyl (C=O) groups excluding carboxylic acids is 3. The number of nitrogens with one attached hydrogen (secondary N) is 1. The zero-order valence-corrected chi connectivity index (χ0v) is 20.7. The average Bonchev–Trinajstić information content (AvgIpc) is 2.85. The van der Waals surface area contributed by atoms with Crippen LogP contribution in [0.3, 0.4) is 0 Å². The van der Waals surface area contributed by atoms with Crippen LogP contribution in [0.25, 0.3) is 0 Å². The lowest BCUT2D eigenvalue weighted by atomic mass is 9.81. The fourth-order valence-electron chi connectivity index (χ4n) is 5.31. The van der Waals surface area contributed by atoms with Gasteiger partial charge in [-0.1, -0.05) is 31.4 Å². The van der Waals surface area contributed by atoms with Crippen LogP contribution in [-0.2, 0) is 16.0 Å². The van der Waals surface area contributed by atoms with Gasteiger partial charge in [-0.3, -0.25) is 14.5 Å². The summed E-state index contributed by atoms with van der Waals surface area (Å²) < 4.78 is 0. The van der Waals surface area contributed by atoms with Crippen LogP contribution in [0.4, 0.5) is 16.3 Å². The van der Waals surface area contributed by atoms with E-state index in [9.17, 15) is 14.4 Å². The number of aromatic nitrogens is 1. The molecule has 2 heterocycles. The molecule has 0 unspecified atom stereocenters. The lowest BCUT2D eigenvalue weighted by Gasteiger charge is -2.46. The summed E-state index contributed by atoms with van der Waals surface area (Å²) in [4.78, 5) is 46.8. The van der Waals surface area contributed by atoms with Crippen LogP contribution in [0, 0.1) is 18.8 Å². The number of rotatable bonds is 6. The minimum atomic E-state index is -0.888. The number of nitrogens with two attached hydrogens (primary N) is 1. The molecule has 0 spiro atoms. The van der Waals surface area contributed by atoms with Crippen molar-refractivity contribution >= 4 is 29.4 Å². The molecule has 8 heteroatoms. The number of hydrogen-bond donors (Lipinski definition) is 2. The first kappa shape index (κ1) is 24.7. The Bertz CT molecular complexity index is 1100. The van der Waals surface area contributed by atoms with Crippen molar-refractivity contribution in [3.63, 3.8) is 0 Å². The highest BCUT2D eigenvalue weighted by atomic mass is 16.2. The van der Waals surface area contributed by atoms with E-state index in [4.69, 9.17) is 5.73 Å². The number of anilines is 2. The molecule has 2 aliphatic rings. The van der Waals surface area contributed by atoms with Crippen molar-refractivity contribution < 1.29 is 14.4 Å². The van der Waals surface area contributed by atoms with Crippen LogP contribution in [-0.4, -0.2) is 46.9 Å². The van der Waals surface area contributed by atoms with Crippen LogP contribution >= 0.6 is 0 Å². The van der Waals surface area contributed by atoms with Gasteiger partial charge in [0.1, 0.15) is 11.9 Å². The summed E-state index contributed by atoms with van der Waals surface area (Å²) in [6.45, 7) is 3.95. The van der Waals surface area contributed by atoms with E-state index < -0.39 is 18.0 Å². The number of imide groups is 1. The quantitative estimate of drug-likeness (QED) is 0.617. The van der Waals surface area contributed by atoms with Crippen molar-refractivity contribution in [3.05, 3.63) is 53.7 Å². The zero-order valence-electron chi connectivity index (χ0n) is 20.7. The number of amides is 4. The van der Waals surface area contributed by atoms with Crippen LogP contribution in [0.15, 0.2) is 42.6 Å². The third-order valence-electron chi connectivity index (χ3n) is 7.41. The molecule has 4 amide bonds. The van der Waals surface area contributed by atoms with E-state index in [-0.39, 0.29) is 17.9 Å². The molecule has 1 saturated carbocycles. The molecule has 1 aliphatic heterocycles. The summed E-state index contributed by atoms with van der Waals surface area (Å²) in [6.07, 6.45) is 7.58. The molecule has 8 nitrogen and oxygen atoms in total. The van der Waals surface area contributed by atoms with Gasteiger partial charge in [0.25, 0.3) is 5.91 Å². The normalized spacial score (nSPS) is 21.2. The number of pyridine rings is 1. The predicted molar refractivity (Wildman–Crippen MR) is 136 cm³/mol. The Morgan fingerprint density at radius 1 is 1.20 bits per heavy atom. The molecule has 1 aromatic heterocycles. The molecule has 0 bridgehead atoms. The first-order valence-corrected chi connectivity index (χ1v) is 12.4. The Kier molecular flexibility index (Phi) is 7.38. The molecule has 1 aliphatic carbocycles. The SMILES string of the molecule is Cc1cccc(N(C)C(=O)[C@@H]2[C@@H](Cc3ccnc(N)c3)C(=O)N2C(=O)N[C@H](C)C2CCCCC2)c1. The summed E-state index contributed by atoms with van der Waals surface area (Å²) in [6, 6.07) is 9.64. The number of carbonyl (C=O) groups is 3. The minimum Gasteiger partial charge on any atom is -0.384 e. The second-order valence-corrected chi connectivity index (χ2v) is 9.93. The van der Waals surface area contributed by atoms with Crippen molar-refractivity contribution in [3.8, 4) is 0 Å². The first-order valence-electron chi connectivity index (χ1n) is 12.4. The van der Waals surface area contributed by atoms with Crippen LogP contribution in [0.5, 0.6) is 0 Å². The summed E-state index contributed by atoms with van der Waals surface area (Å²) in [7, 11) is 1.68. The molecular formula is C27H35N5O3. The van der Waals surface area contributed by atoms with Crippen LogP contribution < -0.4 is 16.0 Å². The van der Waals surface area contributed by atoms with Crippen molar-refractivity contribution in [2.75, 3.05) is 17.7 Å². The van der Waals surface area contributed by atoms with Gasteiger partial charge in [0.2, 0.25) is 5.91 Å². The molecule has 35 heavy (non-hydrogen) atoms. The predicted octanol–water partition coefficient (Wildman–Crippen LogP) is 3.68. The van der Waals surface area contributed by atoms with Gasteiger partial charge in [0.05, 0.1) is 5.92 Å². The molecule has 2 fully saturated rings. The fraction of sp³-hybridized carbons (Fsp3) is 0.481. The smallest absolute Gasteiger partial charge is 0.325 e. The highest BCUT2D eigenvalue weighted by molar-refractivity contribution is 6.12. The van der Waals surface area contributed by atoms with Crippen molar-refractivity contribution in [1.29, 1.82) is 0 Å². The number of nitrogen functional groups attached to an aromatic ring is 1. The molecule has 186 valence electrons. The van der Waals surface area contributed by atoms with Crippen molar-refractivity contribution in [2.45, 2.75) is 64.5 Å². The zero-order chi connectivity index (χ0) is 25.1. The second-order valence-electron chi connectivity index (χ2n) is 9.93. The number of β-lactam (4-membered cyclic amide) rings is 1. The lowest BCUT2D eigenvalue weighted by Crippen LogP contribution is -2.71. The molecule has 1 saturated heterocycles. The fourth-order valence-corrected chi connectivity index (χ4v) is 5.31. The van der Waals surface area contributed by atoms with E-state index in [1.54, 1.807) is 25.4 Å². The monoisotopic (exact) mass is 477 g/mol. The van der Waals surface area contributed by atoms with E-state index in [0.29, 0.717) is 18.2 Å². The number of urea groups is 1. The topological polar surface area (TPSA) is 109 Å². The van der Waals surface area contributed by atoms with Crippen LogP contribution in [0.2, 0.25) is 0 Å². The second kappa shape index (κ2) is 10.5. The number of nitrogens with zero attached hydrogens (tertiary/aromatic N) is 3. The molecule has 0 radical (unpaired) electrons. The standard InChI is InChI=1S/C27H35N5O3/c1-17-8-7-11-21(14-17)31(3)26(34)24-22(15-19-12-13-29-23(28)16-19)25(33)32(24)27(35)30-18(2)20-9-5-4-6-10-20/h7-8,11-14,16,18,20,22,24H,4-6,9-10,15H2,1-3H3,(H2,28,29)(H,30,35)/t18-,22-,24+/m1/s1. The summed E-state index contributed by atoms with van der Waals surface area (Å²) in [5.41, 5.74) is 8.36. The van der Waals surface area contributed by atoms with E-state index in [1.165, 1.54) is 11.3 Å². The molecular weight excluding hydrogens is 442 g/mol. The molecule has 1 aromatic carbocycles. The number of aryl methyl sites for hydroxylation is 1. The van der Waals surface area contributed by atoms with Crippen molar-refractivity contribution in [1.82, 2.24) is 15.2 Å². The Balaban J connectivity index is 1.56. The third-order valence-corrected chi connectivity index (χ3v) is 7.41. The maximum atomic E-state index is 13.7. The number of hydrogen-bond acceptors (Lipinski definition) is 5. The minimum absolute atomic E-state index is 0.0556. The van der Waals surface area contributed by atoms with Gasteiger partial charge in [0, 0.05) is 25.0 Å². The summed E-state index contributed by atoms with van der Waals surface area (Å²) in [5.74, 6) is -0.534. The first-order chi connectivity index (χ1) is 16.8. The highest BCUT2D eigenvalue weighted by Crippen LogP contribution is 2.34. The number of benzene rings is 1. The Morgan fingerprint density at radius 2 is 1.94 bits per heavy atom. The number of likely N-dealkylation sites (tertiary alicyclic amines) is 1. The Morgan fingerprint density at radius 3 is 2.63 bits per heavy atom. The largest absolute Gasteiger partial charge is 0.384 e. The Labute approximate surface area is 206 Å². The van der Waals surface area contributed by atoms with Gasteiger partial charge < -0.3 is 16.0 Å². The van der Waals surface area contributed by atoms with Gasteiger partial charge >= 0.3 is 6.03 Å². The van der Waals surface area contributed by atoms with Gasteiger partial charge in [-0.15, -0.1) is 0 Å². The Hall–Kier alpha value is -3.42. The van der Waals surface area contributed by atoms with E-state index in [1.807, 2.05) is 38.1 Å². The summed E-state index contributed by atoms with van der Waals surface area (Å²) >= 11 is 0. The summed E-state index contributed by atoms with van der Waals surface area (Å²) in [5, 5.41) is 3.01. The van der Waals surface area contributed by atoms with Crippen molar-refractivity contribution in [2.24, 2.45) is 11.8 Å². The van der Waals surface area contributed by atoms with Gasteiger partial charge in [0.15, 0.2) is 0 Å². The highest BCUT2D eigenvalue weighted by Gasteiger charge is 2.55. The molecule has 3 atom stereocenters. The lowest BCUT2D eigenvalue weighted by molar-refractivity contribution is -0.156. The van der Waals surface area contributed by atoms with Gasteiger partial charge in [-0.05, 0) is 74.4 Å². The van der Waals surface area contributed by atoms with E-state index in [0.717, 1.165) is 47.4 Å². The molecule has 4 rings (SSSR count). The maximum Gasteiger partial charge on any atom is 0.325 e.